The summed E-state index contributed by atoms with van der Waals surface area (Å²) in [5.74, 6) is 0.0887. The van der Waals surface area contributed by atoms with Crippen LogP contribution in [0.4, 0.5) is 0 Å². The molecule has 0 bridgehead atoms. The maximum atomic E-state index is 12.0. The minimum Gasteiger partial charge on any atom is -0.352 e. The van der Waals surface area contributed by atoms with Crippen molar-refractivity contribution in [2.75, 3.05) is 6.54 Å². The Bertz CT molecular complexity index is 429. The molecule has 1 N–H and O–H groups in total. The van der Waals surface area contributed by atoms with Crippen molar-refractivity contribution >= 4 is 5.91 Å². The number of carbonyl (C=O) groups excluding carboxylic acids is 1. The summed E-state index contributed by atoms with van der Waals surface area (Å²) >= 11 is 0. The van der Waals surface area contributed by atoms with E-state index in [-0.39, 0.29) is 11.3 Å². The van der Waals surface area contributed by atoms with Gasteiger partial charge in [-0.2, -0.15) is 0 Å². The number of hydrogen-bond acceptors (Lipinski definition) is 1. The first kappa shape index (κ1) is 12.2. The summed E-state index contributed by atoms with van der Waals surface area (Å²) in [5.41, 5.74) is 3.39. The molecule has 1 heterocycles. The Kier molecular flexibility index (Phi) is 3.23. The van der Waals surface area contributed by atoms with Gasteiger partial charge in [-0.05, 0) is 41.9 Å². The van der Waals surface area contributed by atoms with Crippen LogP contribution in [0.1, 0.15) is 55.1 Å². The molecule has 0 atom stereocenters. The van der Waals surface area contributed by atoms with Crippen molar-refractivity contribution in [1.29, 1.82) is 0 Å². The standard InChI is InChI=1S/C15H21NO/c1-15(2,3)12-8-7-11-6-4-5-9-16-14(17)13(11)10-12/h7-8,10H,4-6,9H2,1-3H3,(H,16,17). The van der Waals surface area contributed by atoms with Crippen molar-refractivity contribution in [3.63, 3.8) is 0 Å². The van der Waals surface area contributed by atoms with Crippen LogP contribution in [0.5, 0.6) is 0 Å². The van der Waals surface area contributed by atoms with E-state index in [1.165, 1.54) is 11.1 Å². The zero-order chi connectivity index (χ0) is 12.5. The molecule has 0 saturated carbocycles. The molecule has 0 saturated heterocycles. The van der Waals surface area contributed by atoms with E-state index in [2.05, 4.69) is 44.3 Å². The molecule has 92 valence electrons. The number of aryl methyl sites for hydroxylation is 1. The van der Waals surface area contributed by atoms with Crippen molar-refractivity contribution < 1.29 is 4.79 Å². The molecule has 1 aromatic rings. The molecule has 0 aromatic heterocycles. The third kappa shape index (κ3) is 2.68. The normalized spacial score (nSPS) is 16.8. The van der Waals surface area contributed by atoms with Crippen LogP contribution in [0.15, 0.2) is 18.2 Å². The Balaban J connectivity index is 2.44. The van der Waals surface area contributed by atoms with Gasteiger partial charge >= 0.3 is 0 Å². The Morgan fingerprint density at radius 2 is 1.94 bits per heavy atom. The average Bonchev–Trinajstić information content (AvgIpc) is 2.24. The van der Waals surface area contributed by atoms with E-state index in [9.17, 15) is 4.79 Å². The average molecular weight is 231 g/mol. The molecule has 1 aliphatic heterocycles. The van der Waals surface area contributed by atoms with Gasteiger partial charge in [-0.1, -0.05) is 32.9 Å². The number of nitrogens with one attached hydrogen (secondary N) is 1. The summed E-state index contributed by atoms with van der Waals surface area (Å²) in [6.07, 6.45) is 3.25. The summed E-state index contributed by atoms with van der Waals surface area (Å²) < 4.78 is 0. The lowest BCUT2D eigenvalue weighted by Gasteiger charge is -2.22. The first-order valence-corrected chi connectivity index (χ1v) is 6.40. The van der Waals surface area contributed by atoms with E-state index in [0.29, 0.717) is 0 Å². The third-order valence-electron chi connectivity index (χ3n) is 3.38. The second kappa shape index (κ2) is 4.52. The molecule has 2 nitrogen and oxygen atoms in total. The monoisotopic (exact) mass is 231 g/mol. The van der Waals surface area contributed by atoms with Crippen LogP contribution < -0.4 is 5.32 Å². The van der Waals surface area contributed by atoms with Gasteiger partial charge in [0.2, 0.25) is 0 Å². The van der Waals surface area contributed by atoms with E-state index in [1.807, 2.05) is 0 Å². The van der Waals surface area contributed by atoms with E-state index >= 15 is 0 Å². The summed E-state index contributed by atoms with van der Waals surface area (Å²) in [7, 11) is 0. The number of amides is 1. The molecule has 17 heavy (non-hydrogen) atoms. The number of rotatable bonds is 0. The van der Waals surface area contributed by atoms with Gasteiger partial charge in [0, 0.05) is 12.1 Å². The number of fused-ring (bicyclic) bond motifs is 1. The summed E-state index contributed by atoms with van der Waals surface area (Å²) in [5, 5.41) is 2.98. The third-order valence-corrected chi connectivity index (χ3v) is 3.38. The van der Waals surface area contributed by atoms with Crippen LogP contribution in [0.2, 0.25) is 0 Å². The van der Waals surface area contributed by atoms with Gasteiger partial charge in [0.05, 0.1) is 0 Å². The quantitative estimate of drug-likeness (QED) is 0.730. The van der Waals surface area contributed by atoms with Crippen molar-refractivity contribution in [2.24, 2.45) is 0 Å². The molecular weight excluding hydrogens is 210 g/mol. The van der Waals surface area contributed by atoms with Crippen molar-refractivity contribution in [2.45, 2.75) is 45.4 Å². The van der Waals surface area contributed by atoms with Crippen molar-refractivity contribution in [3.05, 3.63) is 34.9 Å². The minimum absolute atomic E-state index is 0.0887. The topological polar surface area (TPSA) is 29.1 Å². The second-order valence-corrected chi connectivity index (χ2v) is 5.83. The molecule has 0 unspecified atom stereocenters. The molecular formula is C15H21NO. The Morgan fingerprint density at radius 3 is 2.65 bits per heavy atom. The fourth-order valence-corrected chi connectivity index (χ4v) is 2.21. The van der Waals surface area contributed by atoms with Gasteiger partial charge < -0.3 is 5.32 Å². The smallest absolute Gasteiger partial charge is 0.251 e. The molecule has 2 rings (SSSR count). The van der Waals surface area contributed by atoms with Crippen LogP contribution in [0.3, 0.4) is 0 Å². The molecule has 2 heteroatoms. The number of benzene rings is 1. The zero-order valence-corrected chi connectivity index (χ0v) is 11.0. The lowest BCUT2D eigenvalue weighted by molar-refractivity contribution is 0.0950. The predicted molar refractivity (Wildman–Crippen MR) is 70.4 cm³/mol. The van der Waals surface area contributed by atoms with Crippen LogP contribution in [-0.4, -0.2) is 12.5 Å². The molecule has 1 amide bonds. The van der Waals surface area contributed by atoms with Gasteiger partial charge in [0.15, 0.2) is 0 Å². The van der Waals surface area contributed by atoms with E-state index < -0.39 is 0 Å². The van der Waals surface area contributed by atoms with E-state index in [1.54, 1.807) is 0 Å². The molecule has 0 spiro atoms. The lowest BCUT2D eigenvalue weighted by atomic mass is 9.84. The fraction of sp³-hybridized carbons (Fsp3) is 0.533. The van der Waals surface area contributed by atoms with Crippen LogP contribution >= 0.6 is 0 Å². The molecule has 1 aromatic carbocycles. The zero-order valence-electron chi connectivity index (χ0n) is 11.0. The van der Waals surface area contributed by atoms with Crippen LogP contribution in [0.25, 0.3) is 0 Å². The lowest BCUT2D eigenvalue weighted by Crippen LogP contribution is -2.28. The number of hydrogen-bond donors (Lipinski definition) is 1. The van der Waals surface area contributed by atoms with Gasteiger partial charge in [-0.3, -0.25) is 4.79 Å². The van der Waals surface area contributed by atoms with E-state index in [4.69, 9.17) is 0 Å². The highest BCUT2D eigenvalue weighted by atomic mass is 16.1. The van der Waals surface area contributed by atoms with Crippen LogP contribution in [-0.2, 0) is 11.8 Å². The summed E-state index contributed by atoms with van der Waals surface area (Å²) in [6, 6.07) is 6.35. The SMILES string of the molecule is CC(C)(C)c1ccc2c(c1)C(=O)NCCCC2. The van der Waals surface area contributed by atoms with E-state index in [0.717, 1.165) is 31.4 Å². The van der Waals surface area contributed by atoms with Crippen molar-refractivity contribution in [3.8, 4) is 0 Å². The van der Waals surface area contributed by atoms with Gasteiger partial charge in [0.1, 0.15) is 0 Å². The Hall–Kier alpha value is -1.31. The Labute approximate surface area is 103 Å². The highest BCUT2D eigenvalue weighted by Gasteiger charge is 2.19. The van der Waals surface area contributed by atoms with Gasteiger partial charge in [-0.25, -0.2) is 0 Å². The second-order valence-electron chi connectivity index (χ2n) is 5.83. The summed E-state index contributed by atoms with van der Waals surface area (Å²) in [4.78, 5) is 12.0. The predicted octanol–water partition coefficient (Wildman–Crippen LogP) is 3.05. The minimum atomic E-state index is 0.0887. The number of carbonyl (C=O) groups is 1. The largest absolute Gasteiger partial charge is 0.352 e. The first-order valence-electron chi connectivity index (χ1n) is 6.40. The van der Waals surface area contributed by atoms with Gasteiger partial charge in [0.25, 0.3) is 5.91 Å². The highest BCUT2D eigenvalue weighted by Crippen LogP contribution is 2.25. The maximum absolute atomic E-state index is 12.0. The summed E-state index contributed by atoms with van der Waals surface area (Å²) in [6.45, 7) is 7.33. The van der Waals surface area contributed by atoms with Crippen LogP contribution in [0, 0.1) is 0 Å². The first-order chi connectivity index (χ1) is 7.98. The van der Waals surface area contributed by atoms with Gasteiger partial charge in [-0.15, -0.1) is 0 Å². The Morgan fingerprint density at radius 1 is 1.18 bits per heavy atom. The van der Waals surface area contributed by atoms with Crippen molar-refractivity contribution in [1.82, 2.24) is 5.32 Å². The molecule has 1 aliphatic rings. The molecule has 0 fully saturated rings. The highest BCUT2D eigenvalue weighted by molar-refractivity contribution is 5.96. The fourth-order valence-electron chi connectivity index (χ4n) is 2.21. The maximum Gasteiger partial charge on any atom is 0.251 e. The molecule has 0 radical (unpaired) electrons. The molecule has 0 aliphatic carbocycles.